The van der Waals surface area contributed by atoms with Crippen LogP contribution in [0.2, 0.25) is 0 Å². The van der Waals surface area contributed by atoms with Crippen LogP contribution in [0.5, 0.6) is 40.2 Å². The Kier molecular flexibility index (Phi) is 8.04. The second-order valence-corrected chi connectivity index (χ2v) is 16.2. The maximum Gasteiger partial charge on any atom is 0.331 e. The van der Waals surface area contributed by atoms with Crippen molar-refractivity contribution in [1.82, 2.24) is 15.1 Å². The summed E-state index contributed by atoms with van der Waals surface area (Å²) in [5.41, 5.74) is 2.60. The van der Waals surface area contributed by atoms with Crippen molar-refractivity contribution in [3.63, 3.8) is 0 Å². The van der Waals surface area contributed by atoms with E-state index in [1.165, 1.54) is 32.9 Å². The fraction of sp³-hybridized carbons (Fsp3) is 0.487. The van der Waals surface area contributed by atoms with Crippen molar-refractivity contribution in [1.29, 1.82) is 0 Å². The lowest BCUT2D eigenvalue weighted by atomic mass is 9.78. The highest BCUT2D eigenvalue weighted by molar-refractivity contribution is 7.99. The third-order valence-corrected chi connectivity index (χ3v) is 13.6. The number of ether oxygens (including phenoxy) is 6. The monoisotopic (exact) mass is 761 g/mol. The van der Waals surface area contributed by atoms with Gasteiger partial charge in [0, 0.05) is 60.5 Å². The van der Waals surface area contributed by atoms with Crippen LogP contribution in [0.1, 0.15) is 68.8 Å². The number of benzene rings is 3. The maximum absolute atomic E-state index is 14.7. The summed E-state index contributed by atoms with van der Waals surface area (Å²) in [6.07, 6.45) is 0.730. The summed E-state index contributed by atoms with van der Waals surface area (Å²) in [6, 6.07) is 3.43. The molecule has 2 fully saturated rings. The molecule has 8 heterocycles. The van der Waals surface area contributed by atoms with Gasteiger partial charge in [0.2, 0.25) is 6.79 Å². The van der Waals surface area contributed by atoms with Crippen LogP contribution < -0.4 is 29.0 Å². The smallest absolute Gasteiger partial charge is 0.331 e. The van der Waals surface area contributed by atoms with Crippen LogP contribution in [0.3, 0.4) is 0 Å². The van der Waals surface area contributed by atoms with Gasteiger partial charge in [-0.2, -0.15) is 0 Å². The summed E-state index contributed by atoms with van der Waals surface area (Å²) in [4.78, 5) is 31.7. The normalized spacial score (nSPS) is 30.4. The lowest BCUT2D eigenvalue weighted by Crippen LogP contribution is -2.70. The van der Waals surface area contributed by atoms with Gasteiger partial charge >= 0.3 is 11.9 Å². The molecular weight excluding hydrogens is 719 g/mol. The number of thioether (sulfide) groups is 1. The summed E-state index contributed by atoms with van der Waals surface area (Å²) in [5, 5.41) is 38.8. The predicted octanol–water partition coefficient (Wildman–Crippen LogP) is 3.41. The molecule has 0 aromatic heterocycles. The number of hydrogen-bond donors (Lipinski definition) is 4. The first-order valence-corrected chi connectivity index (χ1v) is 19.1. The molecular formula is C39H43N3O11S. The van der Waals surface area contributed by atoms with Crippen LogP contribution in [0, 0.1) is 13.8 Å². The van der Waals surface area contributed by atoms with Gasteiger partial charge in [-0.05, 0) is 61.7 Å². The van der Waals surface area contributed by atoms with Gasteiger partial charge in [0.15, 0.2) is 40.0 Å². The number of carbonyl (C=O) groups is 2. The molecule has 286 valence electrons. The van der Waals surface area contributed by atoms with Crippen molar-refractivity contribution in [2.45, 2.75) is 68.3 Å². The van der Waals surface area contributed by atoms with Gasteiger partial charge in [0.25, 0.3) is 0 Å². The number of nitrogens with one attached hydrogen (secondary N) is 1. The quantitative estimate of drug-likeness (QED) is 0.226. The number of aromatic hydroxyl groups is 2. The summed E-state index contributed by atoms with van der Waals surface area (Å²) in [5.74, 6) is 0.890. The van der Waals surface area contributed by atoms with E-state index in [0.29, 0.717) is 63.8 Å². The van der Waals surface area contributed by atoms with Crippen molar-refractivity contribution in [2.24, 2.45) is 0 Å². The van der Waals surface area contributed by atoms with Gasteiger partial charge in [0.1, 0.15) is 18.1 Å². The molecule has 0 amide bonds. The lowest BCUT2D eigenvalue weighted by Gasteiger charge is -2.60. The zero-order valence-corrected chi connectivity index (χ0v) is 31.7. The van der Waals surface area contributed by atoms with E-state index in [0.717, 1.165) is 16.7 Å². The Balaban J connectivity index is 1.33. The van der Waals surface area contributed by atoms with Crippen LogP contribution in [0.15, 0.2) is 18.2 Å². The molecule has 4 bridgehead atoms. The van der Waals surface area contributed by atoms with Crippen molar-refractivity contribution in [3.05, 3.63) is 62.7 Å². The third-order valence-electron chi connectivity index (χ3n) is 12.1. The molecule has 14 nitrogen and oxygen atoms in total. The largest absolute Gasteiger partial charge is 0.504 e. The number of nitrogens with zero attached hydrogens (tertiary/aromatic N) is 2. The van der Waals surface area contributed by atoms with Crippen LogP contribution >= 0.6 is 11.8 Å². The molecule has 7 atom stereocenters. The van der Waals surface area contributed by atoms with E-state index in [1.54, 1.807) is 12.1 Å². The standard InChI is InChI=1S/C39H43N3O11S/c1-17-9-21-12-38(47)14-41(4)29(26(21)31(45)32(17)49-6)30-36-28-27(35-34(51-16-52-35)18(2)33(28)53-19(3)43)23(42(30)38)13-50-37(46)39(15-54-36)22-11-25(48-5)24(44)10-20(22)7-8-40-39/h9-11,23,29-30,36,40,44-45,47H,7-8,12-16H2,1-6H3. The van der Waals surface area contributed by atoms with Crippen LogP contribution in [-0.2, 0) is 32.7 Å². The van der Waals surface area contributed by atoms with Gasteiger partial charge in [0.05, 0.1) is 31.6 Å². The SMILES string of the molecule is COc1cc2c(cc1O)CCNC21CSC2c3c(OC(C)=O)c(C)c4c(c3C(COC1=O)N1C2C2c3c(cc(C)c(OC)c3O)CC1(O)CN2C)OCO4. The Morgan fingerprint density at radius 2 is 1.80 bits per heavy atom. The lowest BCUT2D eigenvalue weighted by molar-refractivity contribution is -0.215. The van der Waals surface area contributed by atoms with Crippen molar-refractivity contribution in [3.8, 4) is 40.2 Å². The Morgan fingerprint density at radius 3 is 2.54 bits per heavy atom. The van der Waals surface area contributed by atoms with Gasteiger partial charge in [-0.25, -0.2) is 4.79 Å². The summed E-state index contributed by atoms with van der Waals surface area (Å²) in [6.45, 7) is 5.44. The van der Waals surface area contributed by atoms with E-state index in [2.05, 4.69) is 10.2 Å². The number of esters is 2. The Morgan fingerprint density at radius 1 is 1.02 bits per heavy atom. The van der Waals surface area contributed by atoms with Crippen molar-refractivity contribution < 1.29 is 53.3 Å². The second kappa shape index (κ2) is 12.3. The van der Waals surface area contributed by atoms with Crippen LogP contribution in [0.25, 0.3) is 0 Å². The van der Waals surface area contributed by atoms with Gasteiger partial charge in [-0.3, -0.25) is 19.9 Å². The number of rotatable bonds is 3. The molecule has 15 heteroatoms. The summed E-state index contributed by atoms with van der Waals surface area (Å²) in [7, 11) is 4.92. The summed E-state index contributed by atoms with van der Waals surface area (Å²) < 4.78 is 36.0. The highest BCUT2D eigenvalue weighted by atomic mass is 32.2. The third kappa shape index (κ3) is 4.74. The topological polar surface area (TPSA) is 169 Å². The molecule has 4 N–H and O–H groups in total. The number of carbonyl (C=O) groups excluding carboxylic acids is 2. The number of hydrogen-bond acceptors (Lipinski definition) is 15. The minimum Gasteiger partial charge on any atom is -0.504 e. The molecule has 0 aliphatic carbocycles. The number of phenolic OH excluding ortho intramolecular Hbond substituents is 2. The Bertz CT molecular complexity index is 2150. The molecule has 3 aromatic rings. The molecule has 8 aliphatic rings. The number of aliphatic hydroxyl groups is 1. The van der Waals surface area contributed by atoms with E-state index < -0.39 is 46.6 Å². The highest BCUT2D eigenvalue weighted by Crippen LogP contribution is 2.65. The van der Waals surface area contributed by atoms with Crippen LogP contribution in [-0.4, -0.2) is 102 Å². The molecule has 0 radical (unpaired) electrons. The van der Waals surface area contributed by atoms with E-state index in [4.69, 9.17) is 28.4 Å². The maximum atomic E-state index is 14.7. The Hall–Kier alpha value is -4.41. The molecule has 11 rings (SSSR count). The minimum absolute atomic E-state index is 0.00777. The van der Waals surface area contributed by atoms with E-state index in [1.807, 2.05) is 31.9 Å². The average molecular weight is 762 g/mol. The predicted molar refractivity (Wildman–Crippen MR) is 195 cm³/mol. The zero-order valence-electron chi connectivity index (χ0n) is 30.9. The van der Waals surface area contributed by atoms with E-state index in [-0.39, 0.29) is 49.4 Å². The minimum atomic E-state index is -1.52. The molecule has 7 unspecified atom stereocenters. The number of phenols is 2. The number of likely N-dealkylation sites (N-methyl/N-ethyl adjacent to an activating group) is 1. The van der Waals surface area contributed by atoms with Crippen LogP contribution in [0.4, 0.5) is 0 Å². The number of aryl methyl sites for hydroxylation is 1. The molecule has 8 aliphatic heterocycles. The molecule has 0 saturated carbocycles. The molecule has 54 heavy (non-hydrogen) atoms. The first-order valence-electron chi connectivity index (χ1n) is 18.0. The first-order chi connectivity index (χ1) is 25.8. The molecule has 1 spiro atoms. The van der Waals surface area contributed by atoms with Crippen molar-refractivity contribution in [2.75, 3.05) is 53.5 Å². The zero-order chi connectivity index (χ0) is 38.0. The second-order valence-electron chi connectivity index (χ2n) is 15.1. The van der Waals surface area contributed by atoms with E-state index >= 15 is 0 Å². The highest BCUT2D eigenvalue weighted by Gasteiger charge is 2.63. The fourth-order valence-corrected chi connectivity index (χ4v) is 11.8. The fourth-order valence-electron chi connectivity index (χ4n) is 10.1. The van der Waals surface area contributed by atoms with Gasteiger partial charge in [-0.1, -0.05) is 6.07 Å². The molecule has 3 aromatic carbocycles. The van der Waals surface area contributed by atoms with E-state index in [9.17, 15) is 24.9 Å². The average Bonchev–Trinajstić information content (AvgIpc) is 3.54. The first kappa shape index (κ1) is 35.3. The van der Waals surface area contributed by atoms with Crippen molar-refractivity contribution >= 4 is 23.7 Å². The number of methoxy groups -OCH3 is 2. The number of fused-ring (bicyclic) bond motifs is 6. The Labute approximate surface area is 316 Å². The van der Waals surface area contributed by atoms with Gasteiger partial charge < -0.3 is 43.7 Å². The molecule has 2 saturated heterocycles. The van der Waals surface area contributed by atoms with Gasteiger partial charge in [-0.15, -0.1) is 11.8 Å². The summed E-state index contributed by atoms with van der Waals surface area (Å²) >= 11 is 1.47. The number of piperazine rings is 1.